The van der Waals surface area contributed by atoms with Crippen LogP contribution in [0, 0.1) is 17.0 Å². The maximum atomic E-state index is 12.0. The van der Waals surface area contributed by atoms with E-state index in [0.717, 1.165) is 13.2 Å². The van der Waals surface area contributed by atoms with Crippen LogP contribution in [0.4, 0.5) is 18.9 Å². The van der Waals surface area contributed by atoms with Crippen molar-refractivity contribution in [3.8, 4) is 11.6 Å². The van der Waals surface area contributed by atoms with Crippen LogP contribution in [0.3, 0.4) is 0 Å². The van der Waals surface area contributed by atoms with E-state index in [4.69, 9.17) is 0 Å². The fourth-order valence-corrected chi connectivity index (χ4v) is 1.11. The molecule has 0 amide bonds. The molecule has 0 atom stereocenters. The third kappa shape index (κ3) is 3.20. The number of halogens is 3. The number of nitro groups is 1. The molecule has 0 fully saturated rings. The van der Waals surface area contributed by atoms with Crippen molar-refractivity contribution in [2.24, 2.45) is 0 Å². The van der Waals surface area contributed by atoms with E-state index in [0.29, 0.717) is 0 Å². The van der Waals surface area contributed by atoms with Gasteiger partial charge in [-0.25, -0.2) is 4.98 Å². The summed E-state index contributed by atoms with van der Waals surface area (Å²) in [6.45, 7) is 1.36. The maximum Gasteiger partial charge on any atom is 0.574 e. The molecule has 0 aromatic carbocycles. The standard InChI is InChI=1S/C8H7F3N2O4/c1-4-3-5(16-2)6(13(14)15)7(12-4)17-8(9,10)11/h3H,1-2H3. The molecular formula is C8H7F3N2O4. The van der Waals surface area contributed by atoms with E-state index in [9.17, 15) is 23.3 Å². The van der Waals surface area contributed by atoms with Gasteiger partial charge in [-0.1, -0.05) is 0 Å². The summed E-state index contributed by atoms with van der Waals surface area (Å²) in [7, 11) is 1.10. The topological polar surface area (TPSA) is 74.5 Å². The van der Waals surface area contributed by atoms with Crippen LogP contribution in [-0.4, -0.2) is 23.4 Å². The first-order valence-electron chi connectivity index (χ1n) is 4.20. The van der Waals surface area contributed by atoms with Gasteiger partial charge < -0.3 is 9.47 Å². The first kappa shape index (κ1) is 13.0. The van der Waals surface area contributed by atoms with Crippen molar-refractivity contribution in [3.05, 3.63) is 21.9 Å². The van der Waals surface area contributed by atoms with Crippen molar-refractivity contribution in [1.82, 2.24) is 4.98 Å². The van der Waals surface area contributed by atoms with Gasteiger partial charge in [0.25, 0.3) is 0 Å². The lowest BCUT2D eigenvalue weighted by molar-refractivity contribution is -0.390. The molecule has 9 heteroatoms. The average molecular weight is 252 g/mol. The van der Waals surface area contributed by atoms with Crippen molar-refractivity contribution in [1.29, 1.82) is 0 Å². The van der Waals surface area contributed by atoms with Gasteiger partial charge in [-0.2, -0.15) is 0 Å². The molecule has 0 aliphatic carbocycles. The Bertz CT molecular complexity index is 447. The summed E-state index contributed by atoms with van der Waals surface area (Å²) in [6, 6.07) is 1.14. The van der Waals surface area contributed by atoms with E-state index in [1.54, 1.807) is 0 Å². The first-order valence-corrected chi connectivity index (χ1v) is 4.20. The second-order valence-corrected chi connectivity index (χ2v) is 2.92. The summed E-state index contributed by atoms with van der Waals surface area (Å²) in [6.07, 6.45) is -5.06. The Morgan fingerprint density at radius 3 is 2.47 bits per heavy atom. The smallest absolute Gasteiger partial charge is 0.490 e. The first-order chi connectivity index (χ1) is 7.74. The highest BCUT2D eigenvalue weighted by molar-refractivity contribution is 5.54. The quantitative estimate of drug-likeness (QED) is 0.609. The SMILES string of the molecule is COc1cc(C)nc(OC(F)(F)F)c1[N+](=O)[O-]. The van der Waals surface area contributed by atoms with Crippen molar-refractivity contribution >= 4 is 5.69 Å². The van der Waals surface area contributed by atoms with Crippen molar-refractivity contribution < 1.29 is 27.6 Å². The summed E-state index contributed by atoms with van der Waals surface area (Å²) >= 11 is 0. The van der Waals surface area contributed by atoms with Gasteiger partial charge in [0, 0.05) is 11.8 Å². The molecule has 1 aromatic rings. The van der Waals surface area contributed by atoms with Gasteiger partial charge in [0.1, 0.15) is 0 Å². The third-order valence-corrected chi connectivity index (χ3v) is 1.67. The van der Waals surface area contributed by atoms with Crippen molar-refractivity contribution in [2.75, 3.05) is 7.11 Å². The Balaban J connectivity index is 3.35. The van der Waals surface area contributed by atoms with Crippen molar-refractivity contribution in [2.45, 2.75) is 13.3 Å². The summed E-state index contributed by atoms with van der Waals surface area (Å²) in [5.74, 6) is -1.49. The predicted octanol–water partition coefficient (Wildman–Crippen LogP) is 2.21. The number of pyridine rings is 1. The fourth-order valence-electron chi connectivity index (χ4n) is 1.11. The largest absolute Gasteiger partial charge is 0.574 e. The second kappa shape index (κ2) is 4.44. The number of nitrogens with zero attached hydrogens (tertiary/aromatic N) is 2. The highest BCUT2D eigenvalue weighted by Gasteiger charge is 2.37. The van der Waals surface area contributed by atoms with Gasteiger partial charge in [0.2, 0.25) is 5.75 Å². The minimum atomic E-state index is -5.06. The van der Waals surface area contributed by atoms with Gasteiger partial charge in [-0.3, -0.25) is 10.1 Å². The molecule has 94 valence electrons. The molecule has 0 saturated carbocycles. The zero-order valence-corrected chi connectivity index (χ0v) is 8.74. The van der Waals surface area contributed by atoms with Crippen LogP contribution in [0.2, 0.25) is 0 Å². The minimum Gasteiger partial charge on any atom is -0.490 e. The van der Waals surface area contributed by atoms with E-state index in [1.165, 1.54) is 6.92 Å². The van der Waals surface area contributed by atoms with Crippen LogP contribution in [0.15, 0.2) is 6.07 Å². The van der Waals surface area contributed by atoms with Crippen LogP contribution in [0.1, 0.15) is 5.69 Å². The summed E-state index contributed by atoms with van der Waals surface area (Å²) < 4.78 is 44.2. The molecule has 1 rings (SSSR count). The normalized spacial score (nSPS) is 11.1. The number of hydrogen-bond acceptors (Lipinski definition) is 5. The number of alkyl halides is 3. The molecule has 0 aliphatic rings. The number of aryl methyl sites for hydroxylation is 1. The molecule has 1 heterocycles. The molecule has 17 heavy (non-hydrogen) atoms. The highest BCUT2D eigenvalue weighted by atomic mass is 19.4. The predicted molar refractivity (Wildman–Crippen MR) is 48.9 cm³/mol. The molecule has 0 radical (unpaired) electrons. The van der Waals surface area contributed by atoms with Gasteiger partial charge in [-0.15, -0.1) is 13.2 Å². The van der Waals surface area contributed by atoms with Gasteiger partial charge in [0.05, 0.1) is 12.0 Å². The summed E-state index contributed by atoms with van der Waals surface area (Å²) in [5, 5.41) is 10.6. The van der Waals surface area contributed by atoms with Gasteiger partial charge in [0.15, 0.2) is 0 Å². The lowest BCUT2D eigenvalue weighted by Crippen LogP contribution is -2.19. The Labute approximate surface area is 93.1 Å². The zero-order chi connectivity index (χ0) is 13.2. The van der Waals surface area contributed by atoms with Crippen LogP contribution in [-0.2, 0) is 0 Å². The Morgan fingerprint density at radius 2 is 2.06 bits per heavy atom. The minimum absolute atomic E-state index is 0.103. The van der Waals surface area contributed by atoms with Crippen LogP contribution in [0.5, 0.6) is 11.6 Å². The van der Waals surface area contributed by atoms with E-state index < -0.39 is 22.9 Å². The Morgan fingerprint density at radius 1 is 1.47 bits per heavy atom. The van der Waals surface area contributed by atoms with E-state index in [-0.39, 0.29) is 11.4 Å². The van der Waals surface area contributed by atoms with Crippen LogP contribution in [0.25, 0.3) is 0 Å². The zero-order valence-electron chi connectivity index (χ0n) is 8.74. The Hall–Kier alpha value is -2.06. The number of rotatable bonds is 3. The van der Waals surface area contributed by atoms with Crippen LogP contribution >= 0.6 is 0 Å². The van der Waals surface area contributed by atoms with Gasteiger partial charge >= 0.3 is 17.9 Å². The molecule has 0 spiro atoms. The maximum absolute atomic E-state index is 12.0. The molecule has 0 N–H and O–H groups in total. The number of aromatic nitrogens is 1. The van der Waals surface area contributed by atoms with E-state index in [2.05, 4.69) is 14.5 Å². The lowest BCUT2D eigenvalue weighted by atomic mass is 10.3. The second-order valence-electron chi connectivity index (χ2n) is 2.92. The summed E-state index contributed by atoms with van der Waals surface area (Å²) in [4.78, 5) is 12.9. The molecule has 6 nitrogen and oxygen atoms in total. The van der Waals surface area contributed by atoms with Gasteiger partial charge in [-0.05, 0) is 6.92 Å². The number of hydrogen-bond donors (Lipinski definition) is 0. The van der Waals surface area contributed by atoms with Crippen LogP contribution < -0.4 is 9.47 Å². The van der Waals surface area contributed by atoms with E-state index >= 15 is 0 Å². The highest BCUT2D eigenvalue weighted by Crippen LogP contribution is 2.37. The molecule has 0 saturated heterocycles. The Kier molecular flexibility index (Phi) is 3.39. The number of methoxy groups -OCH3 is 1. The lowest BCUT2D eigenvalue weighted by Gasteiger charge is -2.10. The third-order valence-electron chi connectivity index (χ3n) is 1.67. The summed E-state index contributed by atoms with van der Waals surface area (Å²) in [5.41, 5.74) is -0.859. The molecule has 1 aromatic heterocycles. The molecule has 0 aliphatic heterocycles. The van der Waals surface area contributed by atoms with Crippen molar-refractivity contribution in [3.63, 3.8) is 0 Å². The molecular weight excluding hydrogens is 245 g/mol. The fraction of sp³-hybridized carbons (Fsp3) is 0.375. The molecule has 0 unspecified atom stereocenters. The number of ether oxygens (including phenoxy) is 2. The average Bonchev–Trinajstić information content (AvgIpc) is 2.12. The van der Waals surface area contributed by atoms with E-state index in [1.807, 2.05) is 0 Å². The molecule has 0 bridgehead atoms. The monoisotopic (exact) mass is 252 g/mol.